The van der Waals surface area contributed by atoms with Gasteiger partial charge in [-0.2, -0.15) is 0 Å². The van der Waals surface area contributed by atoms with Gasteiger partial charge in [-0.05, 0) is 42.2 Å². The van der Waals surface area contributed by atoms with E-state index in [2.05, 4.69) is 10.3 Å². The smallest absolute Gasteiger partial charge is 0.326 e. The number of fused-ring (bicyclic) bond motifs is 1. The van der Waals surface area contributed by atoms with Crippen LogP contribution in [0.2, 0.25) is 0 Å². The number of H-pyrrole nitrogens is 1. The van der Waals surface area contributed by atoms with Crippen LogP contribution in [0.5, 0.6) is 5.75 Å². The summed E-state index contributed by atoms with van der Waals surface area (Å²) < 4.78 is 20.5. The molecule has 0 fully saturated rings. The second-order valence-corrected chi connectivity index (χ2v) is 8.37. The van der Waals surface area contributed by atoms with Crippen molar-refractivity contribution in [1.29, 1.82) is 0 Å². The lowest BCUT2D eigenvalue weighted by Crippen LogP contribution is -2.29. The fourth-order valence-corrected chi connectivity index (χ4v) is 3.34. The number of imidazole rings is 1. The van der Waals surface area contributed by atoms with Gasteiger partial charge < -0.3 is 15.0 Å². The number of rotatable bonds is 5. The number of methoxy groups -OCH3 is 1. The Labute approximate surface area is 168 Å². The zero-order valence-electron chi connectivity index (χ0n) is 17.3. The van der Waals surface area contributed by atoms with E-state index < -0.39 is 11.9 Å². The molecule has 3 rings (SSSR count). The molecule has 1 aromatic heterocycles. The van der Waals surface area contributed by atoms with Crippen LogP contribution in [-0.2, 0) is 6.54 Å². The largest absolute Gasteiger partial charge is 0.494 e. The molecule has 0 aliphatic rings. The van der Waals surface area contributed by atoms with E-state index in [1.165, 1.54) is 19.2 Å². The Morgan fingerprint density at radius 1 is 1.28 bits per heavy atom. The molecule has 29 heavy (non-hydrogen) atoms. The van der Waals surface area contributed by atoms with Crippen LogP contribution in [0.15, 0.2) is 41.2 Å². The molecular formula is C22H26FN3O3. The molecule has 1 amide bonds. The summed E-state index contributed by atoms with van der Waals surface area (Å²) in [6.45, 7) is 8.33. The standard InChI is InChI=1S/C22H26FN3O3/c1-13(14-9-10-18(29-5)16(23)11-14)24-20(27)15-7-6-8-17-19(15)26(21(28)25-17)12-22(2,3)4/h6-11,13H,12H2,1-5H3,(H,24,27)(H,25,28). The number of nitrogens with one attached hydrogen (secondary N) is 2. The number of carbonyl (C=O) groups is 1. The zero-order valence-corrected chi connectivity index (χ0v) is 17.3. The van der Waals surface area contributed by atoms with E-state index in [1.807, 2.05) is 20.8 Å². The van der Waals surface area contributed by atoms with Gasteiger partial charge in [0.25, 0.3) is 5.91 Å². The number of halogens is 1. The van der Waals surface area contributed by atoms with Crippen molar-refractivity contribution in [3.63, 3.8) is 0 Å². The van der Waals surface area contributed by atoms with Crippen molar-refractivity contribution >= 4 is 16.9 Å². The molecule has 7 heteroatoms. The minimum absolute atomic E-state index is 0.142. The van der Waals surface area contributed by atoms with Crippen LogP contribution in [0, 0.1) is 11.2 Å². The molecule has 0 spiro atoms. The number of amides is 1. The minimum Gasteiger partial charge on any atom is -0.494 e. The van der Waals surface area contributed by atoms with Crippen LogP contribution < -0.4 is 15.7 Å². The molecule has 0 saturated heterocycles. The van der Waals surface area contributed by atoms with Crippen molar-refractivity contribution in [2.75, 3.05) is 7.11 Å². The summed E-state index contributed by atoms with van der Waals surface area (Å²) in [4.78, 5) is 28.3. The van der Waals surface area contributed by atoms with E-state index in [1.54, 1.807) is 35.8 Å². The van der Waals surface area contributed by atoms with Gasteiger partial charge in [-0.15, -0.1) is 0 Å². The lowest BCUT2D eigenvalue weighted by molar-refractivity contribution is 0.0941. The molecule has 2 aromatic carbocycles. The molecule has 1 atom stereocenters. The summed E-state index contributed by atoms with van der Waals surface area (Å²) in [7, 11) is 1.40. The van der Waals surface area contributed by atoms with E-state index in [9.17, 15) is 14.0 Å². The maximum Gasteiger partial charge on any atom is 0.326 e. The van der Waals surface area contributed by atoms with Gasteiger partial charge in [0.1, 0.15) is 0 Å². The highest BCUT2D eigenvalue weighted by atomic mass is 19.1. The highest BCUT2D eigenvalue weighted by molar-refractivity contribution is 6.05. The number of aromatic amines is 1. The molecule has 1 heterocycles. The van der Waals surface area contributed by atoms with Gasteiger partial charge in [0, 0.05) is 6.54 Å². The first-order chi connectivity index (χ1) is 13.6. The van der Waals surface area contributed by atoms with Gasteiger partial charge in [-0.25, -0.2) is 9.18 Å². The Bertz CT molecular complexity index is 1110. The fraction of sp³-hybridized carbons (Fsp3) is 0.364. The zero-order chi connectivity index (χ0) is 21.3. The van der Waals surface area contributed by atoms with Crippen molar-refractivity contribution in [1.82, 2.24) is 14.9 Å². The Balaban J connectivity index is 1.95. The maximum absolute atomic E-state index is 14.0. The highest BCUT2D eigenvalue weighted by Gasteiger charge is 2.21. The number of hydrogen-bond acceptors (Lipinski definition) is 3. The van der Waals surface area contributed by atoms with Crippen molar-refractivity contribution < 1.29 is 13.9 Å². The third-order valence-electron chi connectivity index (χ3n) is 4.69. The summed E-state index contributed by atoms with van der Waals surface area (Å²) in [5, 5.41) is 2.89. The first-order valence-electron chi connectivity index (χ1n) is 9.46. The van der Waals surface area contributed by atoms with Gasteiger partial charge in [-0.1, -0.05) is 32.9 Å². The topological polar surface area (TPSA) is 76.1 Å². The SMILES string of the molecule is COc1ccc(C(C)NC(=O)c2cccc3[nH]c(=O)n(CC(C)(C)C)c23)cc1F. The van der Waals surface area contributed by atoms with Crippen molar-refractivity contribution in [2.24, 2.45) is 5.41 Å². The van der Waals surface area contributed by atoms with E-state index in [-0.39, 0.29) is 22.8 Å². The molecule has 0 saturated carbocycles. The number of nitrogens with zero attached hydrogens (tertiary/aromatic N) is 1. The molecule has 0 aliphatic heterocycles. The van der Waals surface area contributed by atoms with E-state index >= 15 is 0 Å². The number of hydrogen-bond donors (Lipinski definition) is 2. The molecule has 1 unspecified atom stereocenters. The number of para-hydroxylation sites is 1. The molecule has 154 valence electrons. The Hall–Kier alpha value is -3.09. The summed E-state index contributed by atoms with van der Waals surface area (Å²) >= 11 is 0. The monoisotopic (exact) mass is 399 g/mol. The second kappa shape index (κ2) is 7.73. The van der Waals surface area contributed by atoms with Crippen molar-refractivity contribution in [2.45, 2.75) is 40.3 Å². The summed E-state index contributed by atoms with van der Waals surface area (Å²) in [5.74, 6) is -0.672. The van der Waals surface area contributed by atoms with Crippen LogP contribution in [0.3, 0.4) is 0 Å². The average Bonchev–Trinajstić information content (AvgIpc) is 2.95. The predicted octanol–water partition coefficient (Wildman–Crippen LogP) is 4.01. The van der Waals surface area contributed by atoms with Crippen molar-refractivity contribution in [3.8, 4) is 5.75 Å². The van der Waals surface area contributed by atoms with Gasteiger partial charge in [0.15, 0.2) is 11.6 Å². The lowest BCUT2D eigenvalue weighted by Gasteiger charge is -2.20. The number of benzene rings is 2. The normalized spacial score (nSPS) is 12.8. The van der Waals surface area contributed by atoms with Crippen LogP contribution in [-0.4, -0.2) is 22.6 Å². The Morgan fingerprint density at radius 3 is 2.62 bits per heavy atom. The molecule has 0 bridgehead atoms. The maximum atomic E-state index is 14.0. The van der Waals surface area contributed by atoms with E-state index in [0.717, 1.165) is 0 Å². The van der Waals surface area contributed by atoms with Crippen molar-refractivity contribution in [3.05, 3.63) is 63.8 Å². The summed E-state index contributed by atoms with van der Waals surface area (Å²) in [6, 6.07) is 9.34. The number of aromatic nitrogens is 2. The van der Waals surface area contributed by atoms with Crippen LogP contribution in [0.4, 0.5) is 4.39 Å². The first kappa shape index (κ1) is 20.6. The minimum atomic E-state index is -0.488. The Kier molecular flexibility index (Phi) is 5.50. The van der Waals surface area contributed by atoms with Gasteiger partial charge in [-0.3, -0.25) is 9.36 Å². The van der Waals surface area contributed by atoms with Crippen LogP contribution in [0.1, 0.15) is 49.7 Å². The quantitative estimate of drug-likeness (QED) is 0.681. The van der Waals surface area contributed by atoms with Gasteiger partial charge in [0.05, 0.1) is 29.7 Å². The molecule has 3 aromatic rings. The summed E-state index contributed by atoms with van der Waals surface area (Å²) in [6.07, 6.45) is 0. The first-order valence-corrected chi connectivity index (χ1v) is 9.46. The van der Waals surface area contributed by atoms with Crippen LogP contribution >= 0.6 is 0 Å². The predicted molar refractivity (Wildman–Crippen MR) is 111 cm³/mol. The Morgan fingerprint density at radius 2 is 2.00 bits per heavy atom. The van der Waals surface area contributed by atoms with Gasteiger partial charge >= 0.3 is 5.69 Å². The molecule has 6 nitrogen and oxygen atoms in total. The van der Waals surface area contributed by atoms with Crippen LogP contribution in [0.25, 0.3) is 11.0 Å². The molecule has 0 radical (unpaired) electrons. The second-order valence-electron chi connectivity index (χ2n) is 8.37. The van der Waals surface area contributed by atoms with E-state index in [0.29, 0.717) is 28.7 Å². The third kappa shape index (κ3) is 4.34. The van der Waals surface area contributed by atoms with Gasteiger partial charge in [0.2, 0.25) is 0 Å². The highest BCUT2D eigenvalue weighted by Crippen LogP contribution is 2.24. The number of carbonyl (C=O) groups excluding carboxylic acids is 1. The van der Waals surface area contributed by atoms with E-state index in [4.69, 9.17) is 4.74 Å². The molecule has 2 N–H and O–H groups in total. The summed E-state index contributed by atoms with van der Waals surface area (Å²) in [5.41, 5.74) is 1.79. The number of ether oxygens (including phenoxy) is 1. The third-order valence-corrected chi connectivity index (χ3v) is 4.69. The molecular weight excluding hydrogens is 373 g/mol. The average molecular weight is 399 g/mol. The molecule has 0 aliphatic carbocycles. The lowest BCUT2D eigenvalue weighted by atomic mass is 9.96. The fourth-order valence-electron chi connectivity index (χ4n) is 3.34.